The van der Waals surface area contributed by atoms with Crippen molar-refractivity contribution in [1.29, 1.82) is 0 Å². The van der Waals surface area contributed by atoms with Crippen LogP contribution in [0.4, 0.5) is 0 Å². The zero-order valence-corrected chi connectivity index (χ0v) is 10.8. The predicted molar refractivity (Wildman–Crippen MR) is 68.5 cm³/mol. The number of nitrogens with one attached hydrogen (secondary N) is 1. The van der Waals surface area contributed by atoms with Gasteiger partial charge < -0.3 is 5.32 Å². The lowest BCUT2D eigenvalue weighted by Crippen LogP contribution is -2.33. The van der Waals surface area contributed by atoms with Gasteiger partial charge in [0.15, 0.2) is 0 Å². The fourth-order valence-corrected chi connectivity index (χ4v) is 2.72. The molecule has 2 heterocycles. The van der Waals surface area contributed by atoms with E-state index >= 15 is 0 Å². The number of hydrogen-bond donors (Lipinski definition) is 1. The second-order valence-corrected chi connectivity index (χ2v) is 5.16. The van der Waals surface area contributed by atoms with Crippen molar-refractivity contribution in [2.45, 2.75) is 25.9 Å². The van der Waals surface area contributed by atoms with Crippen LogP contribution in [-0.2, 0) is 6.54 Å². The van der Waals surface area contributed by atoms with Crippen molar-refractivity contribution in [1.82, 2.24) is 15.1 Å². The van der Waals surface area contributed by atoms with Crippen molar-refractivity contribution in [2.24, 2.45) is 0 Å². The van der Waals surface area contributed by atoms with E-state index in [1.807, 2.05) is 0 Å². The Balaban J connectivity index is 2.24. The van der Waals surface area contributed by atoms with Gasteiger partial charge in [-0.15, -0.1) is 0 Å². The van der Waals surface area contributed by atoms with Gasteiger partial charge in [-0.1, -0.05) is 22.9 Å². The largest absolute Gasteiger partial charge is 0.309 e. The van der Waals surface area contributed by atoms with Crippen LogP contribution in [0.15, 0.2) is 22.7 Å². The van der Waals surface area contributed by atoms with Gasteiger partial charge in [0, 0.05) is 22.9 Å². The predicted octanol–water partition coefficient (Wildman–Crippen LogP) is 2.85. The van der Waals surface area contributed by atoms with Crippen molar-refractivity contribution in [2.75, 3.05) is 6.54 Å². The molecule has 3 nitrogen and oxygen atoms in total. The minimum absolute atomic E-state index is 0.495. The molecule has 0 aliphatic carbocycles. The highest BCUT2D eigenvalue weighted by molar-refractivity contribution is 9.10. The maximum atomic E-state index is 4.71. The molecule has 0 radical (unpaired) electrons. The number of aromatic nitrogens is 2. The monoisotopic (exact) mass is 279 g/mol. The first kappa shape index (κ1) is 10.3. The topological polar surface area (TPSA) is 29.9 Å². The summed E-state index contributed by atoms with van der Waals surface area (Å²) in [6, 6.07) is 6.82. The summed E-state index contributed by atoms with van der Waals surface area (Å²) in [6.45, 7) is 4.16. The van der Waals surface area contributed by atoms with Gasteiger partial charge in [-0.05, 0) is 24.6 Å². The number of hydrogen-bond acceptors (Lipinski definition) is 2. The van der Waals surface area contributed by atoms with Crippen LogP contribution >= 0.6 is 15.9 Å². The van der Waals surface area contributed by atoms with Gasteiger partial charge in [0.25, 0.3) is 0 Å². The molecule has 0 unspecified atom stereocenters. The average Bonchev–Trinajstić information content (AvgIpc) is 2.65. The van der Waals surface area contributed by atoms with E-state index in [-0.39, 0.29) is 0 Å². The minimum Gasteiger partial charge on any atom is -0.309 e. The summed E-state index contributed by atoms with van der Waals surface area (Å²) < 4.78 is 3.30. The number of benzene rings is 1. The zero-order chi connectivity index (χ0) is 11.1. The van der Waals surface area contributed by atoms with Crippen LogP contribution in [0.2, 0.25) is 0 Å². The molecule has 3 rings (SSSR count). The first-order valence-corrected chi connectivity index (χ1v) is 6.46. The summed E-state index contributed by atoms with van der Waals surface area (Å²) in [7, 11) is 0. The second-order valence-electron chi connectivity index (χ2n) is 4.25. The van der Waals surface area contributed by atoms with Gasteiger partial charge in [-0.3, -0.25) is 4.68 Å². The summed E-state index contributed by atoms with van der Waals surface area (Å²) >= 11 is 3.49. The Morgan fingerprint density at radius 3 is 3.25 bits per heavy atom. The Labute approximate surface area is 103 Å². The molecule has 1 aromatic heterocycles. The first-order chi connectivity index (χ1) is 7.79. The van der Waals surface area contributed by atoms with E-state index in [9.17, 15) is 0 Å². The molecule has 1 aliphatic rings. The third kappa shape index (κ3) is 1.48. The maximum absolute atomic E-state index is 4.71. The second kappa shape index (κ2) is 3.86. The van der Waals surface area contributed by atoms with Gasteiger partial charge in [-0.25, -0.2) is 0 Å². The van der Waals surface area contributed by atoms with Gasteiger partial charge in [0.1, 0.15) is 0 Å². The Kier molecular flexibility index (Phi) is 2.48. The zero-order valence-electron chi connectivity index (χ0n) is 9.20. The summed E-state index contributed by atoms with van der Waals surface area (Å²) in [5.41, 5.74) is 2.41. The Bertz CT molecular complexity index is 532. The van der Waals surface area contributed by atoms with Crippen LogP contribution in [0.5, 0.6) is 0 Å². The van der Waals surface area contributed by atoms with Gasteiger partial charge in [0.2, 0.25) is 0 Å². The van der Waals surface area contributed by atoms with Crippen LogP contribution < -0.4 is 5.32 Å². The SMILES string of the molecule is CC[C@H]1CNCc2c3ccc(Br)cc3nn21. The molecule has 1 atom stereocenters. The van der Waals surface area contributed by atoms with Crippen molar-refractivity contribution in [3.05, 3.63) is 28.4 Å². The number of fused-ring (bicyclic) bond motifs is 3. The summed E-state index contributed by atoms with van der Waals surface area (Å²) in [5, 5.41) is 9.45. The van der Waals surface area contributed by atoms with Crippen LogP contribution in [0.25, 0.3) is 10.9 Å². The third-order valence-electron chi connectivity index (χ3n) is 3.25. The van der Waals surface area contributed by atoms with Gasteiger partial charge in [-0.2, -0.15) is 5.10 Å². The quantitative estimate of drug-likeness (QED) is 0.870. The van der Waals surface area contributed by atoms with E-state index in [2.05, 4.69) is 51.1 Å². The van der Waals surface area contributed by atoms with Crippen LogP contribution in [0.1, 0.15) is 25.1 Å². The van der Waals surface area contributed by atoms with E-state index < -0.39 is 0 Å². The molecule has 16 heavy (non-hydrogen) atoms. The van der Waals surface area contributed by atoms with Crippen molar-refractivity contribution >= 4 is 26.8 Å². The molecule has 0 fully saturated rings. The van der Waals surface area contributed by atoms with Crippen molar-refractivity contribution < 1.29 is 0 Å². The fourth-order valence-electron chi connectivity index (χ4n) is 2.37. The molecular weight excluding hydrogens is 266 g/mol. The molecule has 0 bridgehead atoms. The Morgan fingerprint density at radius 2 is 2.44 bits per heavy atom. The van der Waals surface area contributed by atoms with Crippen molar-refractivity contribution in [3.8, 4) is 0 Å². The summed E-state index contributed by atoms with van der Waals surface area (Å²) in [6.07, 6.45) is 1.12. The average molecular weight is 280 g/mol. The highest BCUT2D eigenvalue weighted by Crippen LogP contribution is 2.27. The minimum atomic E-state index is 0.495. The summed E-state index contributed by atoms with van der Waals surface area (Å²) in [4.78, 5) is 0. The molecule has 0 spiro atoms. The molecule has 1 aromatic carbocycles. The molecule has 0 saturated heterocycles. The maximum Gasteiger partial charge on any atom is 0.0938 e. The standard InChI is InChI=1S/C12H14BrN3/c1-2-9-6-14-7-12-10-4-3-8(13)5-11(10)15-16(9)12/h3-5,9,14H,2,6-7H2,1H3/t9-/m0/s1. The van der Waals surface area contributed by atoms with Crippen LogP contribution in [0, 0.1) is 0 Å². The molecule has 84 valence electrons. The molecule has 0 amide bonds. The first-order valence-electron chi connectivity index (χ1n) is 5.67. The molecule has 1 N–H and O–H groups in total. The summed E-state index contributed by atoms with van der Waals surface area (Å²) in [5.74, 6) is 0. The highest BCUT2D eigenvalue weighted by Gasteiger charge is 2.21. The van der Waals surface area contributed by atoms with Crippen molar-refractivity contribution in [3.63, 3.8) is 0 Å². The normalized spacial score (nSPS) is 20.0. The fraction of sp³-hybridized carbons (Fsp3) is 0.417. The molecule has 2 aromatic rings. The van der Waals surface area contributed by atoms with E-state index in [1.54, 1.807) is 0 Å². The van der Waals surface area contributed by atoms with E-state index in [0.717, 1.165) is 29.5 Å². The molecule has 1 aliphatic heterocycles. The lowest BCUT2D eigenvalue weighted by atomic mass is 10.1. The third-order valence-corrected chi connectivity index (χ3v) is 3.75. The lowest BCUT2D eigenvalue weighted by molar-refractivity contribution is 0.361. The molecule has 4 heteroatoms. The number of rotatable bonds is 1. The van der Waals surface area contributed by atoms with Crippen LogP contribution in [0.3, 0.4) is 0 Å². The molecule has 0 saturated carbocycles. The molecular formula is C12H14BrN3. The smallest absolute Gasteiger partial charge is 0.0938 e. The van der Waals surface area contributed by atoms with E-state index in [1.165, 1.54) is 11.1 Å². The van der Waals surface area contributed by atoms with Gasteiger partial charge >= 0.3 is 0 Å². The number of halogens is 1. The number of nitrogens with zero attached hydrogens (tertiary/aromatic N) is 2. The van der Waals surface area contributed by atoms with Gasteiger partial charge in [0.05, 0.1) is 17.3 Å². The van der Waals surface area contributed by atoms with Crippen LogP contribution in [-0.4, -0.2) is 16.3 Å². The Hall–Kier alpha value is -0.870. The highest BCUT2D eigenvalue weighted by atomic mass is 79.9. The van der Waals surface area contributed by atoms with E-state index in [0.29, 0.717) is 6.04 Å². The van der Waals surface area contributed by atoms with E-state index in [4.69, 9.17) is 5.10 Å². The lowest BCUT2D eigenvalue weighted by Gasteiger charge is -2.24. The Morgan fingerprint density at radius 1 is 1.56 bits per heavy atom.